The van der Waals surface area contributed by atoms with Gasteiger partial charge < -0.3 is 67.9 Å². The van der Waals surface area contributed by atoms with Crippen LogP contribution in [0.5, 0.6) is 0 Å². The Kier molecular flexibility index (Phi) is 51.7. The maximum Gasteiger partial charge on any atom is 0.472 e. The zero-order chi connectivity index (χ0) is 65.9. The molecule has 0 aromatic rings. The molecule has 2 aliphatic heterocycles. The molecule has 2 rings (SSSR count). The number of ketones is 1. The molecule has 0 unspecified atom stereocenters. The number of methoxy groups -OCH3 is 2. The third-order valence-corrected chi connectivity index (χ3v) is 18.3. The number of aliphatic hydroxyl groups is 1. The Bertz CT molecular complexity index is 1840. The van der Waals surface area contributed by atoms with E-state index in [-0.39, 0.29) is 51.2 Å². The molecule has 2 saturated heterocycles. The fraction of sp³-hybridized carbons (Fsp3) is 0.941. The summed E-state index contributed by atoms with van der Waals surface area (Å²) in [5.74, 6) is -0.428. The van der Waals surface area contributed by atoms with E-state index in [0.29, 0.717) is 25.7 Å². The van der Waals surface area contributed by atoms with Crippen LogP contribution in [0.15, 0.2) is 12.2 Å². The number of Topliss-reactive ketones (excluding diaryl/α,β-unsaturated/α-hetero) is 1. The molecule has 6 N–H and O–H groups in total. The van der Waals surface area contributed by atoms with Crippen LogP contribution in [0.1, 0.15) is 297 Å². The lowest BCUT2D eigenvalue weighted by Crippen LogP contribution is -2.67. The van der Waals surface area contributed by atoms with Gasteiger partial charge in [-0.3, -0.25) is 18.6 Å². The van der Waals surface area contributed by atoms with Crippen molar-refractivity contribution in [3.05, 3.63) is 12.2 Å². The monoisotopic (exact) mass is 1330 g/mol. The van der Waals surface area contributed by atoms with Gasteiger partial charge in [-0.25, -0.2) is 9.13 Å². The minimum Gasteiger partial charge on any atom is -0.387 e. The Labute approximate surface area is 545 Å². The Hall–Kier alpha value is -1.26. The predicted octanol–water partition coefficient (Wildman–Crippen LogP) is 15.3. The molecule has 0 bridgehead atoms. The fourth-order valence-corrected chi connectivity index (χ4v) is 13.0. The van der Waals surface area contributed by atoms with Crippen LogP contribution in [0.2, 0.25) is 0 Å². The molecule has 0 radical (unpaired) electrons. The highest BCUT2D eigenvalue weighted by Crippen LogP contribution is 2.44. The van der Waals surface area contributed by atoms with E-state index in [1.165, 1.54) is 97.0 Å². The van der Waals surface area contributed by atoms with E-state index < -0.39 is 89.5 Å². The number of aliphatic hydroxyl groups excluding tert-OH is 1. The molecule has 0 aromatic heterocycles. The zero-order valence-corrected chi connectivity index (χ0v) is 58.9. The molecule has 90 heavy (non-hydrogen) atoms. The lowest BCUT2D eigenvalue weighted by molar-refractivity contribution is -0.318. The Morgan fingerprint density at radius 3 is 1.43 bits per heavy atom. The minimum atomic E-state index is -5.31. The topological polar surface area (TPSA) is 274 Å². The van der Waals surface area contributed by atoms with Gasteiger partial charge in [-0.05, 0) is 57.8 Å². The number of allylic oxidation sites excluding steroid dienone is 2. The second-order valence-corrected chi connectivity index (χ2v) is 27.7. The molecular formula is C68H131NO19P2. The predicted molar refractivity (Wildman–Crippen MR) is 354 cm³/mol. The van der Waals surface area contributed by atoms with Crippen LogP contribution in [0, 0.1) is 0 Å². The highest BCUT2D eigenvalue weighted by atomic mass is 31.2. The summed E-state index contributed by atoms with van der Waals surface area (Å²) in [6, 6.07) is -1.28. The molecule has 2 fully saturated rings. The molecule has 532 valence electrons. The Morgan fingerprint density at radius 2 is 0.911 bits per heavy atom. The first-order valence-electron chi connectivity index (χ1n) is 35.9. The number of carbonyl (C=O) groups excluding carboxylic acids is 2. The van der Waals surface area contributed by atoms with Crippen molar-refractivity contribution >= 4 is 27.3 Å². The van der Waals surface area contributed by atoms with E-state index in [1.807, 2.05) is 0 Å². The number of phosphoric ester groups is 2. The van der Waals surface area contributed by atoms with Gasteiger partial charge >= 0.3 is 15.6 Å². The average Bonchev–Trinajstić information content (AvgIpc) is 0.844. The van der Waals surface area contributed by atoms with Crippen LogP contribution in [0.25, 0.3) is 0 Å². The first-order chi connectivity index (χ1) is 43.5. The first kappa shape index (κ1) is 84.8. The number of nitrogens with one attached hydrogen (secondary N) is 1. The summed E-state index contributed by atoms with van der Waals surface area (Å²) in [5.41, 5.74) is 0. The zero-order valence-electron chi connectivity index (χ0n) is 57.1. The first-order valence-corrected chi connectivity index (χ1v) is 39.0. The summed E-state index contributed by atoms with van der Waals surface area (Å²) in [6.45, 7) is 8.02. The largest absolute Gasteiger partial charge is 0.472 e. The highest BCUT2D eigenvalue weighted by Gasteiger charge is 2.53. The third-order valence-electron chi connectivity index (χ3n) is 17.3. The van der Waals surface area contributed by atoms with Crippen molar-refractivity contribution in [2.45, 2.75) is 365 Å². The van der Waals surface area contributed by atoms with Crippen molar-refractivity contribution in [1.82, 2.24) is 5.32 Å². The third kappa shape index (κ3) is 42.3. The lowest BCUT2D eigenvalue weighted by Gasteiger charge is -2.47. The summed E-state index contributed by atoms with van der Waals surface area (Å²) < 4.78 is 85.9. The molecule has 2 heterocycles. The maximum absolute atomic E-state index is 14.1. The SMILES string of the molecule is CCCCCC/C=C\CCCCCCCCCC(=O)N[C@H]1[C@H](OC[C@H]2O[C@H](OP(=O)(O)O)[C@H](OCCC(=O)CCCCCCCCCCC)[C@@H](OCCCCCCCCCCCC)[C@@H]2O)O[C@H](COC)[C@@H](OP(=O)(O)O)[C@@H]1OCC[C@@H](CCCCCCC)OC. The molecule has 0 aliphatic carbocycles. The van der Waals surface area contributed by atoms with Crippen molar-refractivity contribution in [3.63, 3.8) is 0 Å². The Morgan fingerprint density at radius 1 is 0.456 bits per heavy atom. The van der Waals surface area contributed by atoms with E-state index in [9.17, 15) is 43.4 Å². The van der Waals surface area contributed by atoms with E-state index in [2.05, 4.69) is 45.2 Å². The summed E-state index contributed by atoms with van der Waals surface area (Å²) >= 11 is 0. The van der Waals surface area contributed by atoms with E-state index in [4.69, 9.17) is 46.9 Å². The molecule has 11 atom stereocenters. The second-order valence-electron chi connectivity index (χ2n) is 25.4. The highest BCUT2D eigenvalue weighted by molar-refractivity contribution is 7.46. The van der Waals surface area contributed by atoms with Crippen LogP contribution in [0.4, 0.5) is 0 Å². The van der Waals surface area contributed by atoms with Gasteiger partial charge in [-0.2, -0.15) is 0 Å². The van der Waals surface area contributed by atoms with Gasteiger partial charge in [0.2, 0.25) is 5.91 Å². The summed E-state index contributed by atoms with van der Waals surface area (Å²) in [4.78, 5) is 68.5. The number of phosphoric acid groups is 2. The van der Waals surface area contributed by atoms with Gasteiger partial charge in [0.15, 0.2) is 12.6 Å². The standard InChI is InChI=1S/C68H131NO19P2/c1-7-11-15-19-22-25-27-28-29-30-31-33-36-40-44-48-60(71)69-61-64(82-53-50-57(80-6)47-43-38-18-14-10-4)63(87-89(73,74)75)59(54-79-5)86-67(61)84-55-58-62(72)65(81-51-45-41-37-34-26-23-20-16-12-8-2)66(68(85-58)88-90(76,77)78)83-52-49-56(70)46-42-39-35-32-24-21-17-13-9-3/h25,27,57-59,61-68,72H,7-24,26,28-55H2,1-6H3,(H,69,71)(H2,73,74,75)(H2,76,77,78)/b27-25-/t57-,58-,59-,61-,62-,63-,64-,65+,66-,67-,68-/m1/s1. The molecule has 22 heteroatoms. The maximum atomic E-state index is 14.1. The van der Waals surface area contributed by atoms with Gasteiger partial charge in [0.05, 0.1) is 25.9 Å². The van der Waals surface area contributed by atoms with E-state index in [0.717, 1.165) is 141 Å². The number of ether oxygens (including phenoxy) is 8. The molecule has 20 nitrogen and oxygen atoms in total. The van der Waals surface area contributed by atoms with Gasteiger partial charge in [-0.15, -0.1) is 0 Å². The fourth-order valence-electron chi connectivity index (χ4n) is 12.0. The molecule has 0 aromatic carbocycles. The van der Waals surface area contributed by atoms with Gasteiger partial charge in [-0.1, -0.05) is 232 Å². The van der Waals surface area contributed by atoms with E-state index >= 15 is 0 Å². The quantitative estimate of drug-likeness (QED) is 0.0188. The van der Waals surface area contributed by atoms with Crippen LogP contribution < -0.4 is 5.32 Å². The van der Waals surface area contributed by atoms with Crippen LogP contribution in [-0.2, 0) is 65.7 Å². The Balaban J connectivity index is 2.42. The normalized spacial score (nSPS) is 22.8. The lowest BCUT2D eigenvalue weighted by atomic mass is 9.95. The number of hydrogen-bond donors (Lipinski definition) is 6. The molecule has 2 aliphatic rings. The minimum absolute atomic E-state index is 0.0114. The average molecular weight is 1330 g/mol. The number of unbranched alkanes of at least 4 members (excludes halogenated alkanes) is 32. The molecule has 1 amide bonds. The second kappa shape index (κ2) is 54.8. The van der Waals surface area contributed by atoms with Crippen molar-refractivity contribution in [1.29, 1.82) is 0 Å². The summed E-state index contributed by atoms with van der Waals surface area (Å²) in [6.07, 6.45) is 33.2. The molecule has 0 spiro atoms. The van der Waals surface area contributed by atoms with Crippen LogP contribution in [-0.4, -0.2) is 151 Å². The summed E-state index contributed by atoms with van der Waals surface area (Å²) in [7, 11) is -7.55. The molecular weight excluding hydrogens is 1200 g/mol. The van der Waals surface area contributed by atoms with Gasteiger partial charge in [0, 0.05) is 46.7 Å². The van der Waals surface area contributed by atoms with Crippen molar-refractivity contribution < 1.29 is 90.3 Å². The number of hydrogen-bond acceptors (Lipinski definition) is 15. The van der Waals surface area contributed by atoms with Crippen LogP contribution >= 0.6 is 15.6 Å². The summed E-state index contributed by atoms with van der Waals surface area (Å²) in [5, 5.41) is 15.3. The number of rotatable bonds is 62. The van der Waals surface area contributed by atoms with Crippen molar-refractivity contribution in [2.24, 2.45) is 0 Å². The number of carbonyl (C=O) groups is 2. The van der Waals surface area contributed by atoms with Gasteiger partial charge in [0.25, 0.3) is 0 Å². The van der Waals surface area contributed by atoms with Crippen molar-refractivity contribution in [2.75, 3.05) is 47.3 Å². The van der Waals surface area contributed by atoms with Crippen molar-refractivity contribution in [3.8, 4) is 0 Å². The molecule has 0 saturated carbocycles. The number of amides is 1. The van der Waals surface area contributed by atoms with E-state index in [1.54, 1.807) is 7.11 Å². The smallest absolute Gasteiger partial charge is 0.387 e. The van der Waals surface area contributed by atoms with Crippen LogP contribution in [0.3, 0.4) is 0 Å². The van der Waals surface area contributed by atoms with Gasteiger partial charge in [0.1, 0.15) is 54.6 Å².